The van der Waals surface area contributed by atoms with Crippen molar-refractivity contribution in [2.24, 2.45) is 0 Å². The monoisotopic (exact) mass is 243 g/mol. The van der Waals surface area contributed by atoms with E-state index in [-0.39, 0.29) is 5.75 Å². The number of nitrogens with zero attached hydrogens (tertiary/aromatic N) is 5. The Labute approximate surface area is 96.8 Å². The molecule has 0 unspecified atom stereocenters. The summed E-state index contributed by atoms with van der Waals surface area (Å²) in [7, 11) is 0. The van der Waals surface area contributed by atoms with Gasteiger partial charge in [-0.15, -0.1) is 4.79 Å². The van der Waals surface area contributed by atoms with Crippen molar-refractivity contribution in [1.29, 1.82) is 0 Å². The first-order valence-corrected chi connectivity index (χ1v) is 6.14. The van der Waals surface area contributed by atoms with Crippen molar-refractivity contribution < 1.29 is 9.90 Å². The van der Waals surface area contributed by atoms with E-state index >= 15 is 0 Å². The van der Waals surface area contributed by atoms with Crippen LogP contribution in [-0.2, 0) is 4.79 Å². The maximum Gasteiger partial charge on any atom is 0.313 e. The largest absolute Gasteiger partial charge is 0.481 e. The Kier molecular flexibility index (Phi) is 3.60. The average molecular weight is 243 g/mol. The Morgan fingerprint density at radius 1 is 1.38 bits per heavy atom. The predicted octanol–water partition coefficient (Wildman–Crippen LogP) is -0.0283. The zero-order chi connectivity index (χ0) is 11.4. The maximum absolute atomic E-state index is 10.5. The molecule has 0 saturated carbocycles. The second-order valence-corrected chi connectivity index (χ2v) is 4.49. The van der Waals surface area contributed by atoms with Crippen LogP contribution in [-0.4, -0.2) is 50.2 Å². The molecule has 2 rings (SSSR count). The van der Waals surface area contributed by atoms with Gasteiger partial charge in [0, 0.05) is 13.1 Å². The lowest BCUT2D eigenvalue weighted by molar-refractivity contribution is -0.133. The number of tetrazole rings is 1. The second-order valence-electron chi connectivity index (χ2n) is 3.55. The van der Waals surface area contributed by atoms with Crippen molar-refractivity contribution in [3.63, 3.8) is 0 Å². The third-order valence-corrected chi connectivity index (χ3v) is 3.25. The summed E-state index contributed by atoms with van der Waals surface area (Å²) in [6.45, 7) is 1.84. The summed E-state index contributed by atoms with van der Waals surface area (Å²) in [6.07, 6.45) is 3.49. The molecule has 1 N–H and O–H groups in total. The minimum Gasteiger partial charge on any atom is -0.481 e. The van der Waals surface area contributed by atoms with Crippen LogP contribution in [0.3, 0.4) is 0 Å². The first kappa shape index (κ1) is 11.2. The topological polar surface area (TPSA) is 84.1 Å². The zero-order valence-corrected chi connectivity index (χ0v) is 9.56. The molecule has 0 radical (unpaired) electrons. The lowest BCUT2D eigenvalue weighted by atomic mass is 10.2. The number of carbonyl (C=O) groups is 1. The molecule has 0 spiro atoms. The number of aliphatic carboxylic acids is 1. The molecule has 1 aromatic rings. The van der Waals surface area contributed by atoms with Gasteiger partial charge in [-0.05, 0) is 29.7 Å². The Morgan fingerprint density at radius 2 is 2.12 bits per heavy atom. The minimum absolute atomic E-state index is 0.0196. The van der Waals surface area contributed by atoms with Gasteiger partial charge < -0.3 is 5.11 Å². The van der Waals surface area contributed by atoms with Gasteiger partial charge in [0.15, 0.2) is 0 Å². The van der Waals surface area contributed by atoms with Crippen molar-refractivity contribution in [2.45, 2.75) is 24.4 Å². The Hall–Kier alpha value is -1.31. The molecule has 0 aromatic carbocycles. The second kappa shape index (κ2) is 5.15. The van der Waals surface area contributed by atoms with E-state index in [1.807, 2.05) is 5.01 Å². The maximum atomic E-state index is 10.5. The smallest absolute Gasteiger partial charge is 0.313 e. The number of thioether (sulfide) groups is 1. The fourth-order valence-corrected chi connectivity index (χ4v) is 2.25. The number of rotatable bonds is 4. The number of piperidine rings is 1. The summed E-state index contributed by atoms with van der Waals surface area (Å²) < 4.78 is 0. The number of hydrogen-bond acceptors (Lipinski definition) is 6. The van der Waals surface area contributed by atoms with E-state index in [1.165, 1.54) is 6.42 Å². The van der Waals surface area contributed by atoms with Crippen molar-refractivity contribution in [3.05, 3.63) is 0 Å². The number of carboxylic acids is 1. The quantitative estimate of drug-likeness (QED) is 0.743. The number of aromatic nitrogens is 4. The van der Waals surface area contributed by atoms with Crippen LogP contribution in [0.2, 0.25) is 0 Å². The van der Waals surface area contributed by atoms with E-state index in [0.717, 1.165) is 37.7 Å². The van der Waals surface area contributed by atoms with Gasteiger partial charge in [0.1, 0.15) is 0 Å². The molecular weight excluding hydrogens is 230 g/mol. The van der Waals surface area contributed by atoms with Crippen LogP contribution in [0.15, 0.2) is 5.16 Å². The Balaban J connectivity index is 2.02. The lowest BCUT2D eigenvalue weighted by Crippen LogP contribution is -2.40. The average Bonchev–Trinajstić information content (AvgIpc) is 2.75. The van der Waals surface area contributed by atoms with Crippen LogP contribution < -0.4 is 5.01 Å². The normalized spacial score (nSPS) is 16.4. The first-order chi connectivity index (χ1) is 7.77. The molecule has 2 heterocycles. The van der Waals surface area contributed by atoms with Gasteiger partial charge in [-0.1, -0.05) is 16.9 Å². The van der Waals surface area contributed by atoms with Crippen molar-refractivity contribution in [2.75, 3.05) is 23.9 Å². The minimum atomic E-state index is -0.863. The summed E-state index contributed by atoms with van der Waals surface area (Å²) >= 11 is 1.14. The van der Waals surface area contributed by atoms with E-state index in [4.69, 9.17) is 5.11 Å². The van der Waals surface area contributed by atoms with Gasteiger partial charge in [0.05, 0.1) is 5.75 Å². The van der Waals surface area contributed by atoms with Crippen molar-refractivity contribution in [3.8, 4) is 0 Å². The fourth-order valence-electron chi connectivity index (χ4n) is 1.63. The SMILES string of the molecule is O=C(O)CSc1nnnn1N1CCCCC1. The third-order valence-electron chi connectivity index (χ3n) is 2.35. The molecule has 0 bridgehead atoms. The van der Waals surface area contributed by atoms with E-state index in [2.05, 4.69) is 15.5 Å². The molecule has 7 nitrogen and oxygen atoms in total. The molecule has 0 amide bonds. The first-order valence-electron chi connectivity index (χ1n) is 5.15. The summed E-state index contributed by atoms with van der Waals surface area (Å²) in [5.74, 6) is -0.882. The van der Waals surface area contributed by atoms with Crippen LogP contribution in [0.25, 0.3) is 0 Å². The summed E-state index contributed by atoms with van der Waals surface area (Å²) in [4.78, 5) is 12.1. The summed E-state index contributed by atoms with van der Waals surface area (Å²) in [5, 5.41) is 22.5. The van der Waals surface area contributed by atoms with Crippen molar-refractivity contribution in [1.82, 2.24) is 20.3 Å². The highest BCUT2D eigenvalue weighted by Crippen LogP contribution is 2.15. The Morgan fingerprint density at radius 3 is 2.81 bits per heavy atom. The van der Waals surface area contributed by atoms with Gasteiger partial charge in [-0.2, -0.15) is 0 Å². The molecule has 8 heteroatoms. The molecule has 88 valence electrons. The van der Waals surface area contributed by atoms with E-state index in [0.29, 0.717) is 5.16 Å². The van der Waals surface area contributed by atoms with Gasteiger partial charge >= 0.3 is 5.97 Å². The van der Waals surface area contributed by atoms with Crippen molar-refractivity contribution >= 4 is 17.7 Å². The van der Waals surface area contributed by atoms with Crippen LogP contribution in [0.5, 0.6) is 0 Å². The molecule has 1 aliphatic rings. The van der Waals surface area contributed by atoms with Crippen LogP contribution in [0.4, 0.5) is 0 Å². The van der Waals surface area contributed by atoms with Gasteiger partial charge in [0.2, 0.25) is 5.16 Å². The van der Waals surface area contributed by atoms with E-state index in [1.54, 1.807) is 4.79 Å². The summed E-state index contributed by atoms with van der Waals surface area (Å²) in [6, 6.07) is 0. The highest BCUT2D eigenvalue weighted by atomic mass is 32.2. The van der Waals surface area contributed by atoms with Crippen LogP contribution >= 0.6 is 11.8 Å². The van der Waals surface area contributed by atoms with Crippen LogP contribution in [0.1, 0.15) is 19.3 Å². The predicted molar refractivity (Wildman–Crippen MR) is 58.0 cm³/mol. The highest BCUT2D eigenvalue weighted by molar-refractivity contribution is 7.99. The number of hydrogen-bond donors (Lipinski definition) is 1. The fraction of sp³-hybridized carbons (Fsp3) is 0.750. The molecule has 1 aliphatic heterocycles. The molecule has 1 aromatic heterocycles. The molecule has 0 atom stereocenters. The zero-order valence-electron chi connectivity index (χ0n) is 8.74. The standard InChI is InChI=1S/C8H13N5O2S/c14-7(15)6-16-8-9-10-11-13(8)12-4-2-1-3-5-12/h1-6H2,(H,14,15). The lowest BCUT2D eigenvalue weighted by Gasteiger charge is -2.27. The van der Waals surface area contributed by atoms with E-state index in [9.17, 15) is 4.79 Å². The highest BCUT2D eigenvalue weighted by Gasteiger charge is 2.17. The van der Waals surface area contributed by atoms with Gasteiger partial charge in [0.25, 0.3) is 0 Å². The summed E-state index contributed by atoms with van der Waals surface area (Å²) in [5.41, 5.74) is 0. The Bertz CT molecular complexity index is 363. The number of carboxylic acid groups (broad SMARTS) is 1. The molecule has 16 heavy (non-hydrogen) atoms. The molecular formula is C8H13N5O2S. The van der Waals surface area contributed by atoms with Gasteiger partial charge in [-0.25, -0.2) is 0 Å². The van der Waals surface area contributed by atoms with Gasteiger partial charge in [-0.3, -0.25) is 9.80 Å². The third kappa shape index (κ3) is 2.63. The van der Waals surface area contributed by atoms with Crippen LogP contribution in [0, 0.1) is 0 Å². The molecule has 1 fully saturated rings. The molecule has 0 aliphatic carbocycles. The van der Waals surface area contributed by atoms with E-state index < -0.39 is 5.97 Å². The molecule has 1 saturated heterocycles.